The van der Waals surface area contributed by atoms with Crippen molar-refractivity contribution in [1.29, 1.82) is 0 Å². The fourth-order valence-corrected chi connectivity index (χ4v) is 5.48. The van der Waals surface area contributed by atoms with Gasteiger partial charge in [0.1, 0.15) is 5.69 Å². The molecule has 29 heavy (non-hydrogen) atoms. The SMILES string of the molecule is O=C1c2cccn2C2CN(Cc3ccc4c(c3)OCO4)CC2N1Cc1cccs1. The summed E-state index contributed by atoms with van der Waals surface area (Å²) < 4.78 is 13.1. The fraction of sp³-hybridized carbons (Fsp3) is 0.318. The number of carbonyl (C=O) groups is 1. The van der Waals surface area contributed by atoms with Crippen LogP contribution < -0.4 is 9.47 Å². The summed E-state index contributed by atoms with van der Waals surface area (Å²) in [5.41, 5.74) is 2.00. The number of fused-ring (bicyclic) bond motifs is 4. The van der Waals surface area contributed by atoms with Gasteiger partial charge in [0.2, 0.25) is 6.79 Å². The van der Waals surface area contributed by atoms with Crippen molar-refractivity contribution in [2.75, 3.05) is 19.9 Å². The van der Waals surface area contributed by atoms with Gasteiger partial charge in [0.15, 0.2) is 11.5 Å². The lowest BCUT2D eigenvalue weighted by atomic mass is 10.1. The Bertz CT molecular complexity index is 1060. The van der Waals surface area contributed by atoms with Crippen LogP contribution in [0.25, 0.3) is 0 Å². The van der Waals surface area contributed by atoms with Crippen molar-refractivity contribution in [2.45, 2.75) is 25.2 Å². The quantitative estimate of drug-likeness (QED) is 0.665. The standard InChI is InChI=1S/C22H21N3O3S/c26-22-17-4-1-7-24(17)18-12-23(10-15-5-6-20-21(9-15)28-14-27-20)13-19(18)25(22)11-16-3-2-8-29-16/h1-9,18-19H,10-14H2. The van der Waals surface area contributed by atoms with Crippen molar-refractivity contribution >= 4 is 17.2 Å². The van der Waals surface area contributed by atoms with E-state index in [9.17, 15) is 4.79 Å². The highest BCUT2D eigenvalue weighted by atomic mass is 32.1. The summed E-state index contributed by atoms with van der Waals surface area (Å²) >= 11 is 1.71. The minimum atomic E-state index is 0.134. The van der Waals surface area contributed by atoms with Gasteiger partial charge < -0.3 is 18.9 Å². The molecule has 6 nitrogen and oxygen atoms in total. The van der Waals surface area contributed by atoms with Crippen LogP contribution >= 0.6 is 11.3 Å². The third-order valence-electron chi connectivity index (χ3n) is 6.10. The van der Waals surface area contributed by atoms with Crippen LogP contribution in [-0.2, 0) is 13.1 Å². The number of likely N-dealkylation sites (tertiary alicyclic amines) is 1. The number of amides is 1. The lowest BCUT2D eigenvalue weighted by Gasteiger charge is -2.38. The molecule has 2 atom stereocenters. The highest BCUT2D eigenvalue weighted by molar-refractivity contribution is 7.09. The summed E-state index contributed by atoms with van der Waals surface area (Å²) in [6, 6.07) is 14.7. The molecule has 1 aromatic carbocycles. The molecule has 148 valence electrons. The van der Waals surface area contributed by atoms with Crippen molar-refractivity contribution in [3.05, 3.63) is 70.2 Å². The van der Waals surface area contributed by atoms with E-state index in [0.717, 1.165) is 36.8 Å². The number of carbonyl (C=O) groups excluding carboxylic acids is 1. The van der Waals surface area contributed by atoms with Crippen LogP contribution in [0.3, 0.4) is 0 Å². The molecule has 0 bridgehead atoms. The van der Waals surface area contributed by atoms with Gasteiger partial charge in [0, 0.05) is 30.7 Å². The molecule has 0 saturated carbocycles. The van der Waals surface area contributed by atoms with Crippen LogP contribution in [0.1, 0.15) is 27.0 Å². The Hall–Kier alpha value is -2.77. The van der Waals surface area contributed by atoms with Crippen molar-refractivity contribution in [2.24, 2.45) is 0 Å². The maximum Gasteiger partial charge on any atom is 0.271 e. The van der Waals surface area contributed by atoms with Crippen molar-refractivity contribution < 1.29 is 14.3 Å². The average Bonchev–Trinajstić information content (AvgIpc) is 3.51. The molecular formula is C22H21N3O3S. The summed E-state index contributed by atoms with van der Waals surface area (Å²) in [6.45, 7) is 3.60. The molecule has 2 aromatic heterocycles. The Morgan fingerprint density at radius 2 is 1.90 bits per heavy atom. The summed E-state index contributed by atoms with van der Waals surface area (Å²) in [6.07, 6.45) is 2.05. The molecular weight excluding hydrogens is 386 g/mol. The number of aromatic nitrogens is 1. The second-order valence-electron chi connectivity index (χ2n) is 7.83. The molecule has 2 unspecified atom stereocenters. The monoisotopic (exact) mass is 407 g/mol. The van der Waals surface area contributed by atoms with E-state index < -0.39 is 0 Å². The van der Waals surface area contributed by atoms with E-state index in [0.29, 0.717) is 13.3 Å². The van der Waals surface area contributed by atoms with Crippen LogP contribution in [-0.4, -0.2) is 46.2 Å². The van der Waals surface area contributed by atoms with E-state index in [2.05, 4.69) is 50.2 Å². The summed E-state index contributed by atoms with van der Waals surface area (Å²) in [7, 11) is 0. The van der Waals surface area contributed by atoms with Crippen LogP contribution in [0, 0.1) is 0 Å². The Morgan fingerprint density at radius 1 is 1.00 bits per heavy atom. The Balaban J connectivity index is 1.27. The first kappa shape index (κ1) is 17.1. The van der Waals surface area contributed by atoms with Gasteiger partial charge in [0.25, 0.3) is 5.91 Å². The van der Waals surface area contributed by atoms with Gasteiger partial charge in [-0.1, -0.05) is 12.1 Å². The molecule has 6 rings (SSSR count). The van der Waals surface area contributed by atoms with Crippen LogP contribution in [0.4, 0.5) is 0 Å². The number of hydrogen-bond donors (Lipinski definition) is 0. The van der Waals surface area contributed by atoms with Gasteiger partial charge in [-0.05, 0) is 41.3 Å². The minimum absolute atomic E-state index is 0.134. The first-order valence-corrected chi connectivity index (χ1v) is 10.8. The van der Waals surface area contributed by atoms with Gasteiger partial charge in [-0.2, -0.15) is 0 Å². The van der Waals surface area contributed by atoms with Gasteiger partial charge >= 0.3 is 0 Å². The minimum Gasteiger partial charge on any atom is -0.454 e. The second kappa shape index (κ2) is 6.64. The maximum absolute atomic E-state index is 13.2. The zero-order chi connectivity index (χ0) is 19.4. The molecule has 0 N–H and O–H groups in total. The predicted octanol–water partition coefficient (Wildman–Crippen LogP) is 3.36. The van der Waals surface area contributed by atoms with Crippen LogP contribution in [0.15, 0.2) is 54.0 Å². The third-order valence-corrected chi connectivity index (χ3v) is 6.96. The first-order valence-electron chi connectivity index (χ1n) is 9.87. The molecule has 1 fully saturated rings. The molecule has 0 radical (unpaired) electrons. The number of rotatable bonds is 4. The summed E-state index contributed by atoms with van der Waals surface area (Å²) in [5.74, 6) is 1.77. The summed E-state index contributed by atoms with van der Waals surface area (Å²) in [4.78, 5) is 18.9. The van der Waals surface area contributed by atoms with Gasteiger partial charge in [0.05, 0.1) is 18.6 Å². The van der Waals surface area contributed by atoms with Gasteiger partial charge in [-0.3, -0.25) is 9.69 Å². The lowest BCUT2D eigenvalue weighted by Crippen LogP contribution is -2.49. The molecule has 7 heteroatoms. The normalized spacial score (nSPS) is 22.8. The van der Waals surface area contributed by atoms with E-state index in [1.54, 1.807) is 11.3 Å². The number of ether oxygens (including phenoxy) is 2. The summed E-state index contributed by atoms with van der Waals surface area (Å²) in [5, 5.41) is 2.07. The molecule has 1 amide bonds. The highest BCUT2D eigenvalue weighted by Crippen LogP contribution is 2.37. The van der Waals surface area contributed by atoms with E-state index >= 15 is 0 Å². The topological polar surface area (TPSA) is 46.9 Å². The van der Waals surface area contributed by atoms with E-state index in [1.807, 2.05) is 18.2 Å². The molecule has 0 spiro atoms. The third kappa shape index (κ3) is 2.84. The van der Waals surface area contributed by atoms with Gasteiger partial charge in [-0.15, -0.1) is 11.3 Å². The van der Waals surface area contributed by atoms with Gasteiger partial charge in [-0.25, -0.2) is 0 Å². The molecule has 3 aromatic rings. The number of thiophene rings is 1. The molecule has 3 aliphatic heterocycles. The van der Waals surface area contributed by atoms with Crippen molar-refractivity contribution in [3.8, 4) is 11.5 Å². The average molecular weight is 407 g/mol. The zero-order valence-electron chi connectivity index (χ0n) is 15.9. The highest BCUT2D eigenvalue weighted by Gasteiger charge is 2.44. The van der Waals surface area contributed by atoms with E-state index in [4.69, 9.17) is 9.47 Å². The maximum atomic E-state index is 13.2. The molecule has 3 aliphatic rings. The fourth-order valence-electron chi connectivity index (χ4n) is 4.77. The van der Waals surface area contributed by atoms with Crippen LogP contribution in [0.2, 0.25) is 0 Å². The van der Waals surface area contributed by atoms with Crippen LogP contribution in [0.5, 0.6) is 11.5 Å². The lowest BCUT2D eigenvalue weighted by molar-refractivity contribution is 0.0559. The smallest absolute Gasteiger partial charge is 0.271 e. The molecule has 5 heterocycles. The number of nitrogens with zero attached hydrogens (tertiary/aromatic N) is 3. The number of hydrogen-bond acceptors (Lipinski definition) is 5. The Kier molecular flexibility index (Phi) is 3.92. The Morgan fingerprint density at radius 3 is 2.79 bits per heavy atom. The Labute approximate surface area is 172 Å². The molecule has 1 saturated heterocycles. The largest absolute Gasteiger partial charge is 0.454 e. The number of benzene rings is 1. The molecule has 0 aliphatic carbocycles. The predicted molar refractivity (Wildman–Crippen MR) is 109 cm³/mol. The second-order valence-corrected chi connectivity index (χ2v) is 8.86. The van der Waals surface area contributed by atoms with Crippen molar-refractivity contribution in [1.82, 2.24) is 14.4 Å². The zero-order valence-corrected chi connectivity index (χ0v) is 16.7. The van der Waals surface area contributed by atoms with E-state index in [1.165, 1.54) is 10.4 Å². The van der Waals surface area contributed by atoms with Crippen molar-refractivity contribution in [3.63, 3.8) is 0 Å². The van der Waals surface area contributed by atoms with E-state index in [-0.39, 0.29) is 18.0 Å². The first-order chi connectivity index (χ1) is 14.3.